The average molecular weight is 453 g/mol. The Labute approximate surface area is 194 Å². The number of ether oxygens (including phenoxy) is 4. The number of carboxylic acid groups (broad SMARTS) is 1. The van der Waals surface area contributed by atoms with E-state index in [0.717, 1.165) is 67.1 Å². The highest BCUT2D eigenvalue weighted by Crippen LogP contribution is 2.49. The molecule has 2 aromatic rings. The Morgan fingerprint density at radius 2 is 1.61 bits per heavy atom. The molecule has 2 unspecified atom stereocenters. The molecule has 6 nitrogen and oxygen atoms in total. The van der Waals surface area contributed by atoms with Crippen LogP contribution in [0, 0.1) is 0 Å². The number of rotatable bonds is 10. The summed E-state index contributed by atoms with van der Waals surface area (Å²) in [5.74, 6) is 0.712. The molecule has 2 saturated heterocycles. The number of aromatic carboxylic acids is 1. The van der Waals surface area contributed by atoms with Gasteiger partial charge in [-0.25, -0.2) is 4.79 Å². The Kier molecular flexibility index (Phi) is 6.30. The third kappa shape index (κ3) is 4.73. The van der Waals surface area contributed by atoms with E-state index in [1.165, 1.54) is 6.42 Å². The number of carboxylic acids is 1. The number of hydrogen-bond acceptors (Lipinski definition) is 5. The maximum atomic E-state index is 12.4. The first-order chi connectivity index (χ1) is 16.1. The van der Waals surface area contributed by atoms with Crippen LogP contribution in [0.1, 0.15) is 66.1 Å². The van der Waals surface area contributed by atoms with Gasteiger partial charge in [0, 0.05) is 5.41 Å². The van der Waals surface area contributed by atoms with Crippen molar-refractivity contribution in [1.82, 2.24) is 0 Å². The van der Waals surface area contributed by atoms with E-state index in [1.807, 2.05) is 18.2 Å². The number of epoxide rings is 2. The van der Waals surface area contributed by atoms with E-state index in [1.54, 1.807) is 6.07 Å². The van der Waals surface area contributed by atoms with Gasteiger partial charge in [-0.15, -0.1) is 0 Å². The Hall–Kier alpha value is -2.57. The molecule has 2 aliphatic heterocycles. The predicted octanol–water partition coefficient (Wildman–Crippen LogP) is 4.75. The van der Waals surface area contributed by atoms with Crippen LogP contribution in [-0.2, 0) is 21.3 Å². The van der Waals surface area contributed by atoms with Crippen molar-refractivity contribution in [3.63, 3.8) is 0 Å². The highest BCUT2D eigenvalue weighted by atomic mass is 16.6. The zero-order chi connectivity index (χ0) is 22.8. The molecule has 3 fully saturated rings. The maximum absolute atomic E-state index is 12.4. The van der Waals surface area contributed by atoms with Gasteiger partial charge in [-0.2, -0.15) is 0 Å². The van der Waals surface area contributed by atoms with Crippen molar-refractivity contribution in [1.29, 1.82) is 0 Å². The van der Waals surface area contributed by atoms with Crippen molar-refractivity contribution in [2.45, 2.75) is 63.1 Å². The first-order valence-corrected chi connectivity index (χ1v) is 12.1. The molecule has 33 heavy (non-hydrogen) atoms. The summed E-state index contributed by atoms with van der Waals surface area (Å²) in [7, 11) is 0. The van der Waals surface area contributed by atoms with E-state index in [2.05, 4.69) is 19.1 Å². The molecule has 1 N–H and O–H groups in total. The van der Waals surface area contributed by atoms with Crippen LogP contribution in [0.5, 0.6) is 11.5 Å². The molecule has 3 aliphatic rings. The van der Waals surface area contributed by atoms with Gasteiger partial charge in [0.1, 0.15) is 36.9 Å². The molecule has 1 aliphatic carbocycles. The molecule has 2 heterocycles. The molecule has 0 radical (unpaired) electrons. The van der Waals surface area contributed by atoms with Gasteiger partial charge >= 0.3 is 5.97 Å². The second-order valence-electron chi connectivity index (χ2n) is 9.32. The van der Waals surface area contributed by atoms with E-state index >= 15 is 0 Å². The molecule has 176 valence electrons. The molecule has 2 aromatic carbocycles. The van der Waals surface area contributed by atoms with Gasteiger partial charge in [-0.3, -0.25) is 0 Å². The summed E-state index contributed by atoms with van der Waals surface area (Å²) < 4.78 is 22.5. The van der Waals surface area contributed by atoms with Gasteiger partial charge < -0.3 is 24.1 Å². The van der Waals surface area contributed by atoms with Crippen molar-refractivity contribution in [3.8, 4) is 11.5 Å². The van der Waals surface area contributed by atoms with Gasteiger partial charge in [0.25, 0.3) is 0 Å². The molecule has 0 spiro atoms. The SMILES string of the molecule is CCc1c(OCC2CO2)ccc(C(=O)O)c1C1(c2ccc(OCC3CO3)cc2)CCCCC1. The maximum Gasteiger partial charge on any atom is 0.336 e. The molecular formula is C27H32O6. The van der Waals surface area contributed by atoms with E-state index in [9.17, 15) is 9.90 Å². The molecule has 2 atom stereocenters. The minimum atomic E-state index is -0.883. The fourth-order valence-corrected chi connectivity index (χ4v) is 5.25. The first-order valence-electron chi connectivity index (χ1n) is 12.1. The summed E-state index contributed by atoms with van der Waals surface area (Å²) in [4.78, 5) is 12.4. The lowest BCUT2D eigenvalue weighted by molar-refractivity contribution is 0.0693. The monoisotopic (exact) mass is 452 g/mol. The summed E-state index contributed by atoms with van der Waals surface area (Å²) in [5, 5.41) is 10.2. The van der Waals surface area contributed by atoms with Crippen LogP contribution in [0.3, 0.4) is 0 Å². The van der Waals surface area contributed by atoms with Crippen molar-refractivity contribution in [2.75, 3.05) is 26.4 Å². The molecule has 0 aromatic heterocycles. The minimum absolute atomic E-state index is 0.148. The van der Waals surface area contributed by atoms with Crippen LogP contribution >= 0.6 is 0 Å². The standard InChI is InChI=1S/C27H32O6/c1-2-22-24(33-17-21-16-32-21)11-10-23(26(28)29)25(22)27(12-4-3-5-13-27)18-6-8-19(9-7-18)30-14-20-15-31-20/h6-11,20-21H,2-5,12-17H2,1H3,(H,28,29). The first kappa shape index (κ1) is 22.2. The van der Waals surface area contributed by atoms with Crippen LogP contribution in [-0.4, -0.2) is 49.7 Å². The Morgan fingerprint density at radius 3 is 2.18 bits per heavy atom. The van der Waals surface area contributed by atoms with Crippen molar-refractivity contribution < 1.29 is 28.8 Å². The summed E-state index contributed by atoms with van der Waals surface area (Å²) in [5.41, 5.74) is 3.10. The van der Waals surface area contributed by atoms with Crippen LogP contribution in [0.4, 0.5) is 0 Å². The second-order valence-corrected chi connectivity index (χ2v) is 9.32. The molecule has 1 saturated carbocycles. The predicted molar refractivity (Wildman–Crippen MR) is 124 cm³/mol. The summed E-state index contributed by atoms with van der Waals surface area (Å²) in [6.45, 7) is 4.65. The van der Waals surface area contributed by atoms with Gasteiger partial charge in [0.2, 0.25) is 0 Å². The summed E-state index contributed by atoms with van der Waals surface area (Å²) in [6, 6.07) is 11.8. The van der Waals surface area contributed by atoms with Gasteiger partial charge in [-0.1, -0.05) is 38.3 Å². The largest absolute Gasteiger partial charge is 0.491 e. The molecular weight excluding hydrogens is 420 g/mol. The fraction of sp³-hybridized carbons (Fsp3) is 0.519. The lowest BCUT2D eigenvalue weighted by Crippen LogP contribution is -2.34. The molecule has 6 heteroatoms. The van der Waals surface area contributed by atoms with Crippen molar-refractivity contribution in [2.24, 2.45) is 0 Å². The van der Waals surface area contributed by atoms with Crippen LogP contribution in [0.25, 0.3) is 0 Å². The Morgan fingerprint density at radius 1 is 0.970 bits per heavy atom. The molecule has 0 bridgehead atoms. The third-order valence-corrected chi connectivity index (χ3v) is 7.11. The zero-order valence-electron chi connectivity index (χ0n) is 19.2. The summed E-state index contributed by atoms with van der Waals surface area (Å²) >= 11 is 0. The van der Waals surface area contributed by atoms with Crippen molar-refractivity contribution >= 4 is 5.97 Å². The van der Waals surface area contributed by atoms with E-state index in [4.69, 9.17) is 18.9 Å². The lowest BCUT2D eigenvalue weighted by atomic mass is 9.62. The van der Waals surface area contributed by atoms with E-state index < -0.39 is 5.97 Å². The van der Waals surface area contributed by atoms with Crippen LogP contribution in [0.2, 0.25) is 0 Å². The smallest absolute Gasteiger partial charge is 0.336 e. The minimum Gasteiger partial charge on any atom is -0.491 e. The average Bonchev–Trinajstić information content (AvgIpc) is 3.76. The number of benzene rings is 2. The van der Waals surface area contributed by atoms with Crippen LogP contribution in [0.15, 0.2) is 36.4 Å². The van der Waals surface area contributed by atoms with Gasteiger partial charge in [0.05, 0.1) is 18.8 Å². The Bertz CT molecular complexity index is 984. The fourth-order valence-electron chi connectivity index (χ4n) is 5.25. The lowest BCUT2D eigenvalue weighted by Gasteiger charge is -2.41. The highest BCUT2D eigenvalue weighted by molar-refractivity contribution is 5.91. The topological polar surface area (TPSA) is 80.8 Å². The Balaban J connectivity index is 1.56. The van der Waals surface area contributed by atoms with E-state index in [0.29, 0.717) is 25.2 Å². The normalized spacial score (nSPS) is 23.1. The van der Waals surface area contributed by atoms with Gasteiger partial charge in [-0.05, 0) is 60.2 Å². The quantitative estimate of drug-likeness (QED) is 0.524. The molecule has 0 amide bonds. The third-order valence-electron chi connectivity index (χ3n) is 7.11. The summed E-state index contributed by atoms with van der Waals surface area (Å²) in [6.07, 6.45) is 6.22. The van der Waals surface area contributed by atoms with Crippen molar-refractivity contribution in [3.05, 3.63) is 58.7 Å². The number of hydrogen-bond donors (Lipinski definition) is 1. The second kappa shape index (κ2) is 9.35. The van der Waals surface area contributed by atoms with Crippen LogP contribution < -0.4 is 9.47 Å². The number of carbonyl (C=O) groups is 1. The highest BCUT2D eigenvalue weighted by Gasteiger charge is 2.41. The zero-order valence-corrected chi connectivity index (χ0v) is 19.2. The van der Waals surface area contributed by atoms with Gasteiger partial charge in [0.15, 0.2) is 0 Å². The molecule has 5 rings (SSSR count). The van der Waals surface area contributed by atoms with E-state index in [-0.39, 0.29) is 17.6 Å².